The standard InChI is InChI=1S/C24H26F2O4S/c1-3-17-5-8-20(9-6-17)31(28,29)24(21-16-19(25)7-10-22(21)26)13-11-18(12-14-24)15-23(27)30-4-2/h3,5-10,16,18H,1,4,11-15H2,2H3. The monoisotopic (exact) mass is 448 g/mol. The Labute approximate surface area is 181 Å². The average Bonchev–Trinajstić information content (AvgIpc) is 2.76. The Hall–Kier alpha value is -2.54. The van der Waals surface area contributed by atoms with E-state index in [2.05, 4.69) is 6.58 Å². The number of rotatable bonds is 7. The molecule has 1 fully saturated rings. The second-order valence-corrected chi connectivity index (χ2v) is 10.1. The molecule has 0 N–H and O–H groups in total. The van der Waals surface area contributed by atoms with Crippen molar-refractivity contribution in [3.63, 3.8) is 0 Å². The molecule has 166 valence electrons. The van der Waals surface area contributed by atoms with E-state index in [1.807, 2.05) is 0 Å². The van der Waals surface area contributed by atoms with Crippen molar-refractivity contribution in [2.45, 2.75) is 48.7 Å². The molecule has 7 heteroatoms. The van der Waals surface area contributed by atoms with Crippen molar-refractivity contribution in [2.24, 2.45) is 5.92 Å². The summed E-state index contributed by atoms with van der Waals surface area (Å²) >= 11 is 0. The molecule has 2 aromatic rings. The molecule has 1 aliphatic carbocycles. The number of halogens is 2. The molecule has 0 unspecified atom stereocenters. The van der Waals surface area contributed by atoms with Gasteiger partial charge in [-0.05, 0) is 74.4 Å². The molecule has 3 rings (SSSR count). The smallest absolute Gasteiger partial charge is 0.306 e. The van der Waals surface area contributed by atoms with E-state index < -0.39 is 26.2 Å². The molecule has 4 nitrogen and oxygen atoms in total. The largest absolute Gasteiger partial charge is 0.466 e. The molecular formula is C24H26F2O4S. The van der Waals surface area contributed by atoms with Gasteiger partial charge < -0.3 is 4.74 Å². The molecule has 0 bridgehead atoms. The SMILES string of the molecule is C=Cc1ccc(S(=O)(=O)C2(c3cc(F)ccc3F)CCC(CC(=O)OCC)CC2)cc1. The minimum atomic E-state index is -4.06. The van der Waals surface area contributed by atoms with Gasteiger partial charge in [0, 0.05) is 12.0 Å². The molecule has 0 saturated heterocycles. The zero-order valence-corrected chi connectivity index (χ0v) is 18.3. The summed E-state index contributed by atoms with van der Waals surface area (Å²) in [4.78, 5) is 11.9. The highest BCUT2D eigenvalue weighted by Crippen LogP contribution is 2.49. The van der Waals surface area contributed by atoms with Crippen LogP contribution >= 0.6 is 0 Å². The van der Waals surface area contributed by atoms with Gasteiger partial charge in [0.05, 0.1) is 11.5 Å². The van der Waals surface area contributed by atoms with Crippen LogP contribution in [0.1, 0.15) is 50.2 Å². The third-order valence-corrected chi connectivity index (χ3v) is 8.58. The van der Waals surface area contributed by atoms with Gasteiger partial charge >= 0.3 is 5.97 Å². The predicted octanol–water partition coefficient (Wildman–Crippen LogP) is 5.42. The normalized spacial score (nSPS) is 21.5. The summed E-state index contributed by atoms with van der Waals surface area (Å²) in [6.45, 7) is 5.66. The average molecular weight is 449 g/mol. The fourth-order valence-corrected chi connectivity index (χ4v) is 6.51. The lowest BCUT2D eigenvalue weighted by atomic mass is 9.76. The van der Waals surface area contributed by atoms with Crippen molar-refractivity contribution >= 4 is 21.9 Å². The van der Waals surface area contributed by atoms with Gasteiger partial charge in [-0.2, -0.15) is 0 Å². The number of hydrogen-bond donors (Lipinski definition) is 0. The van der Waals surface area contributed by atoms with E-state index in [1.165, 1.54) is 12.1 Å². The first kappa shape index (κ1) is 23.1. The topological polar surface area (TPSA) is 60.4 Å². The number of hydrogen-bond acceptors (Lipinski definition) is 4. The highest BCUT2D eigenvalue weighted by molar-refractivity contribution is 7.92. The molecular weight excluding hydrogens is 422 g/mol. The van der Waals surface area contributed by atoms with Crippen LogP contribution in [0.4, 0.5) is 8.78 Å². The molecule has 0 atom stereocenters. The summed E-state index contributed by atoms with van der Waals surface area (Å²) in [6, 6.07) is 9.12. The van der Waals surface area contributed by atoms with Crippen LogP contribution in [0.25, 0.3) is 6.08 Å². The van der Waals surface area contributed by atoms with Crippen molar-refractivity contribution in [3.8, 4) is 0 Å². The summed E-state index contributed by atoms with van der Waals surface area (Å²) in [5, 5.41) is 0. The summed E-state index contributed by atoms with van der Waals surface area (Å²) in [6.07, 6.45) is 2.73. The predicted molar refractivity (Wildman–Crippen MR) is 115 cm³/mol. The number of carbonyl (C=O) groups excluding carboxylic acids is 1. The minimum absolute atomic E-state index is 0.0469. The molecule has 1 saturated carbocycles. The zero-order chi connectivity index (χ0) is 22.6. The van der Waals surface area contributed by atoms with Crippen molar-refractivity contribution in [3.05, 3.63) is 71.8 Å². The molecule has 2 aromatic carbocycles. The maximum Gasteiger partial charge on any atom is 0.306 e. The molecule has 0 spiro atoms. The first-order valence-electron chi connectivity index (χ1n) is 10.3. The Balaban J connectivity index is 2.03. The summed E-state index contributed by atoms with van der Waals surface area (Å²) in [7, 11) is -4.06. The Morgan fingerprint density at radius 1 is 1.16 bits per heavy atom. The molecule has 0 aliphatic heterocycles. The lowest BCUT2D eigenvalue weighted by molar-refractivity contribution is -0.144. The summed E-state index contributed by atoms with van der Waals surface area (Å²) in [5.41, 5.74) is 0.595. The number of ether oxygens (including phenoxy) is 1. The molecule has 0 aromatic heterocycles. The van der Waals surface area contributed by atoms with Crippen LogP contribution in [0.5, 0.6) is 0 Å². The van der Waals surface area contributed by atoms with Gasteiger partial charge in [-0.3, -0.25) is 4.79 Å². The maximum absolute atomic E-state index is 14.9. The van der Waals surface area contributed by atoms with Gasteiger partial charge in [-0.15, -0.1) is 0 Å². The Morgan fingerprint density at radius 3 is 2.39 bits per heavy atom. The Kier molecular flexibility index (Phi) is 6.94. The van der Waals surface area contributed by atoms with Crippen molar-refractivity contribution in [1.82, 2.24) is 0 Å². The van der Waals surface area contributed by atoms with Crippen molar-refractivity contribution in [1.29, 1.82) is 0 Å². The van der Waals surface area contributed by atoms with Crippen LogP contribution < -0.4 is 0 Å². The zero-order valence-electron chi connectivity index (χ0n) is 17.4. The van der Waals surface area contributed by atoms with Gasteiger partial charge in [-0.25, -0.2) is 17.2 Å². The second-order valence-electron chi connectivity index (χ2n) is 7.85. The van der Waals surface area contributed by atoms with E-state index in [0.717, 1.165) is 23.8 Å². The van der Waals surface area contributed by atoms with Gasteiger partial charge in [0.15, 0.2) is 9.84 Å². The Morgan fingerprint density at radius 2 is 1.81 bits per heavy atom. The lowest BCUT2D eigenvalue weighted by Crippen LogP contribution is -2.41. The third-order valence-electron chi connectivity index (χ3n) is 6.03. The van der Waals surface area contributed by atoms with E-state index in [1.54, 1.807) is 25.1 Å². The van der Waals surface area contributed by atoms with Gasteiger partial charge in [0.1, 0.15) is 16.4 Å². The molecule has 1 aliphatic rings. The number of esters is 1. The second kappa shape index (κ2) is 9.30. The van der Waals surface area contributed by atoms with Crippen LogP contribution in [-0.4, -0.2) is 21.0 Å². The van der Waals surface area contributed by atoms with E-state index >= 15 is 0 Å². The lowest BCUT2D eigenvalue weighted by Gasteiger charge is -2.40. The van der Waals surface area contributed by atoms with Crippen LogP contribution in [0.3, 0.4) is 0 Å². The summed E-state index contributed by atoms with van der Waals surface area (Å²) in [5.74, 6) is -1.85. The Bertz CT molecular complexity index is 1050. The van der Waals surface area contributed by atoms with Gasteiger partial charge in [0.2, 0.25) is 0 Å². The highest BCUT2D eigenvalue weighted by Gasteiger charge is 2.50. The quantitative estimate of drug-likeness (QED) is 0.531. The molecule has 0 amide bonds. The molecule has 0 heterocycles. The van der Waals surface area contributed by atoms with Crippen molar-refractivity contribution < 1.29 is 26.7 Å². The number of sulfone groups is 1. The van der Waals surface area contributed by atoms with E-state index in [9.17, 15) is 22.0 Å². The van der Waals surface area contributed by atoms with Crippen LogP contribution in [0.2, 0.25) is 0 Å². The van der Waals surface area contributed by atoms with E-state index in [4.69, 9.17) is 4.74 Å². The molecule has 31 heavy (non-hydrogen) atoms. The van der Waals surface area contributed by atoms with Crippen LogP contribution in [0, 0.1) is 17.6 Å². The third kappa shape index (κ3) is 4.56. The minimum Gasteiger partial charge on any atom is -0.466 e. The van der Waals surface area contributed by atoms with Crippen LogP contribution in [0.15, 0.2) is 53.9 Å². The van der Waals surface area contributed by atoms with Gasteiger partial charge in [-0.1, -0.05) is 24.8 Å². The number of benzene rings is 2. The van der Waals surface area contributed by atoms with Crippen molar-refractivity contribution in [2.75, 3.05) is 6.61 Å². The maximum atomic E-state index is 14.9. The molecule has 0 radical (unpaired) electrons. The van der Waals surface area contributed by atoms with E-state index in [0.29, 0.717) is 12.8 Å². The summed E-state index contributed by atoms with van der Waals surface area (Å²) < 4.78 is 59.9. The number of carbonyl (C=O) groups is 1. The van der Waals surface area contributed by atoms with Crippen LogP contribution in [-0.2, 0) is 24.1 Å². The fraction of sp³-hybridized carbons (Fsp3) is 0.375. The fourth-order valence-electron chi connectivity index (χ4n) is 4.34. The van der Waals surface area contributed by atoms with E-state index in [-0.39, 0.29) is 48.2 Å². The first-order valence-corrected chi connectivity index (χ1v) is 11.8. The highest BCUT2D eigenvalue weighted by atomic mass is 32.2. The first-order chi connectivity index (χ1) is 14.7. The van der Waals surface area contributed by atoms with Gasteiger partial charge in [0.25, 0.3) is 0 Å².